The number of benzene rings is 3. The average Bonchev–Trinajstić information content (AvgIpc) is 2.88. The predicted molar refractivity (Wildman–Crippen MR) is 132 cm³/mol. The summed E-state index contributed by atoms with van der Waals surface area (Å²) in [5.74, 6) is -1.49. The Morgan fingerprint density at radius 2 is 1.49 bits per heavy atom. The van der Waals surface area contributed by atoms with E-state index in [-0.39, 0.29) is 40.6 Å². The molecule has 194 valence electrons. The van der Waals surface area contributed by atoms with E-state index in [1.807, 2.05) is 0 Å². The number of Topliss-reactive ketones (excluding diaryl/α,β-unsaturated/α-hetero) is 1. The van der Waals surface area contributed by atoms with Crippen molar-refractivity contribution >= 4 is 23.4 Å². The van der Waals surface area contributed by atoms with Crippen LogP contribution in [-0.4, -0.2) is 42.4 Å². The lowest BCUT2D eigenvalue weighted by atomic mass is 9.76. The number of esters is 1. The van der Waals surface area contributed by atoms with Gasteiger partial charge in [0.05, 0.1) is 19.6 Å². The van der Waals surface area contributed by atoms with E-state index in [2.05, 4.69) is 0 Å². The molecule has 3 aliphatic rings. The summed E-state index contributed by atoms with van der Waals surface area (Å²) in [5.41, 5.74) is 1.49. The van der Waals surface area contributed by atoms with Gasteiger partial charge in [0.2, 0.25) is 5.78 Å². The van der Waals surface area contributed by atoms with Crippen LogP contribution in [0.4, 0.5) is 8.78 Å². The van der Waals surface area contributed by atoms with Gasteiger partial charge in [0.25, 0.3) is 0 Å². The molecule has 3 aromatic rings. The third kappa shape index (κ3) is 6.11. The minimum absolute atomic E-state index is 0. The molecule has 3 aliphatic heterocycles. The summed E-state index contributed by atoms with van der Waals surface area (Å²) in [6.45, 7) is 2.51. The van der Waals surface area contributed by atoms with Crippen LogP contribution in [0.25, 0.3) is 0 Å². The molecule has 3 saturated heterocycles. The lowest BCUT2D eigenvalue weighted by Gasteiger charge is -2.51. The summed E-state index contributed by atoms with van der Waals surface area (Å²) in [5, 5.41) is 0.575. The summed E-state index contributed by atoms with van der Waals surface area (Å²) in [6.07, 6.45) is 0.736. The number of halogens is 4. The Labute approximate surface area is 230 Å². The molecule has 0 aliphatic carbocycles. The van der Waals surface area contributed by atoms with Gasteiger partial charge in [-0.3, -0.25) is 9.59 Å². The van der Waals surface area contributed by atoms with Crippen molar-refractivity contribution in [3.63, 3.8) is 0 Å². The summed E-state index contributed by atoms with van der Waals surface area (Å²) in [4.78, 5) is 26.6. The van der Waals surface area contributed by atoms with Crippen LogP contribution in [0.3, 0.4) is 0 Å². The van der Waals surface area contributed by atoms with E-state index < -0.39 is 17.7 Å². The van der Waals surface area contributed by atoms with Gasteiger partial charge in [-0.05, 0) is 65.6 Å². The molecule has 0 radical (unpaired) electrons. The average molecular weight is 591 g/mol. The van der Waals surface area contributed by atoms with E-state index in [4.69, 9.17) is 16.3 Å². The number of hydrogen-bond donors (Lipinski definition) is 0. The number of carbonyl (C=O) groups is 2. The number of carbonyl (C=O) groups excluding carboxylic acids is 2. The van der Waals surface area contributed by atoms with Crippen LogP contribution in [0.15, 0.2) is 72.8 Å². The number of piperidine rings is 3. The third-order valence-electron chi connectivity index (χ3n) is 7.59. The lowest BCUT2D eigenvalue weighted by molar-refractivity contribution is -0.938. The van der Waals surface area contributed by atoms with Gasteiger partial charge in [0.15, 0.2) is 6.10 Å². The Morgan fingerprint density at radius 3 is 2.03 bits per heavy atom. The van der Waals surface area contributed by atoms with Crippen molar-refractivity contribution in [2.45, 2.75) is 18.9 Å². The fourth-order valence-corrected chi connectivity index (χ4v) is 5.81. The molecule has 0 amide bonds. The molecular formula is C29H27BrClF2NO3. The molecule has 0 spiro atoms. The van der Waals surface area contributed by atoms with E-state index >= 15 is 0 Å². The van der Waals surface area contributed by atoms with Crippen LogP contribution in [0.5, 0.6) is 0 Å². The van der Waals surface area contributed by atoms with Crippen LogP contribution in [-0.2, 0) is 9.53 Å². The van der Waals surface area contributed by atoms with Crippen molar-refractivity contribution < 1.29 is 44.6 Å². The maximum absolute atomic E-state index is 14.0. The molecule has 0 saturated carbocycles. The molecule has 3 fully saturated rings. The summed E-state index contributed by atoms with van der Waals surface area (Å²) >= 11 is 5.96. The number of rotatable bonds is 7. The van der Waals surface area contributed by atoms with Gasteiger partial charge in [-0.1, -0.05) is 35.9 Å². The quantitative estimate of drug-likeness (QED) is 0.242. The first kappa shape index (κ1) is 27.4. The monoisotopic (exact) mass is 589 g/mol. The maximum atomic E-state index is 14.0. The largest absolute Gasteiger partial charge is 1.00 e. The molecule has 37 heavy (non-hydrogen) atoms. The predicted octanol–water partition coefficient (Wildman–Crippen LogP) is 2.99. The SMILES string of the molecule is O=C(C[N+]12CCC(CC1)C(C(=O)OC(c1cccc(F)c1)c1cccc(F)c1)C2)c1ccc(Cl)cc1.[Br-]. The number of fused-ring (bicyclic) bond motifs is 3. The Bertz CT molecular complexity index is 1230. The number of ether oxygens (including phenoxy) is 1. The fourth-order valence-electron chi connectivity index (χ4n) is 5.68. The molecule has 3 heterocycles. The normalized spacial score (nSPS) is 22.4. The molecule has 3 aromatic carbocycles. The summed E-state index contributed by atoms with van der Waals surface area (Å²) in [7, 11) is 0. The van der Waals surface area contributed by atoms with Crippen molar-refractivity contribution in [1.82, 2.24) is 0 Å². The number of quaternary nitrogens is 1. The van der Waals surface area contributed by atoms with Crippen LogP contribution in [0.1, 0.15) is 40.4 Å². The van der Waals surface area contributed by atoms with E-state index in [9.17, 15) is 18.4 Å². The van der Waals surface area contributed by atoms with Gasteiger partial charge in [-0.25, -0.2) is 8.78 Å². The van der Waals surface area contributed by atoms with Gasteiger partial charge in [0.1, 0.15) is 24.1 Å². The highest BCUT2D eigenvalue weighted by Gasteiger charge is 2.50. The minimum atomic E-state index is -0.927. The van der Waals surface area contributed by atoms with Crippen LogP contribution >= 0.6 is 11.6 Å². The summed E-state index contributed by atoms with van der Waals surface area (Å²) in [6, 6.07) is 18.5. The van der Waals surface area contributed by atoms with Gasteiger partial charge in [-0.2, -0.15) is 0 Å². The first-order chi connectivity index (χ1) is 17.3. The van der Waals surface area contributed by atoms with E-state index in [0.29, 0.717) is 39.3 Å². The third-order valence-corrected chi connectivity index (χ3v) is 7.84. The van der Waals surface area contributed by atoms with Crippen LogP contribution in [0, 0.1) is 23.5 Å². The molecule has 8 heteroatoms. The number of hydrogen-bond acceptors (Lipinski definition) is 3. The van der Waals surface area contributed by atoms with Crippen LogP contribution < -0.4 is 17.0 Å². The topological polar surface area (TPSA) is 43.4 Å². The zero-order valence-corrected chi connectivity index (χ0v) is 22.4. The molecule has 4 nitrogen and oxygen atoms in total. The van der Waals surface area contributed by atoms with Crippen molar-refractivity contribution in [1.29, 1.82) is 0 Å². The molecule has 2 bridgehead atoms. The highest BCUT2D eigenvalue weighted by molar-refractivity contribution is 6.30. The summed E-state index contributed by atoms with van der Waals surface area (Å²) < 4.78 is 34.6. The molecule has 6 rings (SSSR count). The van der Waals surface area contributed by atoms with Crippen molar-refractivity contribution in [2.24, 2.45) is 11.8 Å². The molecule has 1 atom stereocenters. The first-order valence-electron chi connectivity index (χ1n) is 12.2. The first-order valence-corrected chi connectivity index (χ1v) is 12.5. The van der Waals surface area contributed by atoms with Crippen molar-refractivity contribution in [3.8, 4) is 0 Å². The van der Waals surface area contributed by atoms with Crippen molar-refractivity contribution in [2.75, 3.05) is 26.2 Å². The second kappa shape index (κ2) is 11.4. The number of ketones is 1. The molecule has 1 unspecified atom stereocenters. The zero-order valence-electron chi connectivity index (χ0n) is 20.1. The van der Waals surface area contributed by atoms with E-state index in [1.54, 1.807) is 48.5 Å². The Kier molecular flexibility index (Phi) is 8.46. The fraction of sp³-hybridized carbons (Fsp3) is 0.310. The maximum Gasteiger partial charge on any atom is 0.315 e. The van der Waals surface area contributed by atoms with Gasteiger partial charge >= 0.3 is 5.97 Å². The van der Waals surface area contributed by atoms with E-state index in [1.165, 1.54) is 24.3 Å². The Hall–Kier alpha value is -2.61. The number of nitrogens with zero attached hydrogens (tertiary/aromatic N) is 1. The Morgan fingerprint density at radius 1 is 0.919 bits per heavy atom. The molecule has 0 N–H and O–H groups in total. The van der Waals surface area contributed by atoms with Crippen molar-refractivity contribution in [3.05, 3.63) is 106 Å². The van der Waals surface area contributed by atoms with E-state index in [0.717, 1.165) is 25.9 Å². The lowest BCUT2D eigenvalue weighted by Crippen LogP contribution is -3.00. The standard InChI is InChI=1S/C29H27ClF2NO3.BrH/c30-23-9-7-20(8-10-23)27(34)18-33-13-11-19(12-14-33)26(17-33)29(35)36-28(21-3-1-5-24(31)15-21)22-4-2-6-25(32)16-22;/h1-10,15-16,19,26,28H,11-14,17-18H2;1H/q+1;/p-1. The van der Waals surface area contributed by atoms with Gasteiger partial charge in [0, 0.05) is 23.4 Å². The van der Waals surface area contributed by atoms with Gasteiger partial charge in [-0.15, -0.1) is 0 Å². The van der Waals surface area contributed by atoms with Gasteiger partial charge < -0.3 is 26.2 Å². The molecule has 0 aromatic heterocycles. The molecular weight excluding hydrogens is 564 g/mol. The highest BCUT2D eigenvalue weighted by atomic mass is 79.9. The minimum Gasteiger partial charge on any atom is -1.00 e. The second-order valence-corrected chi connectivity index (χ2v) is 10.4. The zero-order chi connectivity index (χ0) is 25.3. The Balaban J connectivity index is 0.00000320. The second-order valence-electron chi connectivity index (χ2n) is 9.93. The smallest absolute Gasteiger partial charge is 0.315 e. The van der Waals surface area contributed by atoms with Crippen LogP contribution in [0.2, 0.25) is 5.02 Å². The highest BCUT2D eigenvalue weighted by Crippen LogP contribution is 2.40.